The van der Waals surface area contributed by atoms with Crippen molar-refractivity contribution in [3.05, 3.63) is 70.3 Å². The van der Waals surface area contributed by atoms with E-state index in [0.29, 0.717) is 12.1 Å². The van der Waals surface area contributed by atoms with Gasteiger partial charge in [-0.2, -0.15) is 0 Å². The van der Waals surface area contributed by atoms with Gasteiger partial charge in [-0.15, -0.1) is 0 Å². The van der Waals surface area contributed by atoms with Gasteiger partial charge in [-0.1, -0.05) is 30.3 Å². The van der Waals surface area contributed by atoms with Crippen LogP contribution in [-0.4, -0.2) is 30.1 Å². The van der Waals surface area contributed by atoms with Crippen LogP contribution in [0.5, 0.6) is 0 Å². The van der Waals surface area contributed by atoms with E-state index in [9.17, 15) is 19.7 Å². The molecule has 0 fully saturated rings. The Balaban J connectivity index is 2.00. The predicted molar refractivity (Wildman–Crippen MR) is 95.8 cm³/mol. The van der Waals surface area contributed by atoms with Crippen molar-refractivity contribution < 1.29 is 19.2 Å². The number of nitro groups is 1. The quantitative estimate of drug-likeness (QED) is 0.450. The van der Waals surface area contributed by atoms with E-state index in [-0.39, 0.29) is 12.1 Å². The van der Waals surface area contributed by atoms with Crippen LogP contribution in [0.2, 0.25) is 0 Å². The summed E-state index contributed by atoms with van der Waals surface area (Å²) in [7, 11) is 1.29. The zero-order valence-corrected chi connectivity index (χ0v) is 14.2. The lowest BCUT2D eigenvalue weighted by Crippen LogP contribution is -2.40. The molecule has 0 spiro atoms. The number of ether oxygens (including phenoxy) is 1. The molecule has 8 nitrogen and oxygen atoms in total. The zero-order valence-electron chi connectivity index (χ0n) is 14.2. The number of urea groups is 1. The first-order valence-corrected chi connectivity index (χ1v) is 7.90. The molecule has 0 saturated carbocycles. The molecule has 0 aliphatic heterocycles. The number of rotatable bonds is 7. The van der Waals surface area contributed by atoms with Gasteiger partial charge in [0, 0.05) is 23.9 Å². The fraction of sp³-hybridized carbons (Fsp3) is 0.222. The standard InChI is InChI=1S/C18H19N3O5/c1-26-17(22)12-15(11-13-5-3-2-4-6-13)20-18(23)19-14-7-9-16(10-8-14)21(24)25/h2-10,15H,11-12H2,1H3,(H2,19,20,23)/t15-/m1/s1. The second kappa shape index (κ2) is 9.16. The van der Waals surface area contributed by atoms with Crippen LogP contribution in [-0.2, 0) is 16.0 Å². The fourth-order valence-electron chi connectivity index (χ4n) is 2.38. The van der Waals surface area contributed by atoms with Crippen LogP contribution in [0.15, 0.2) is 54.6 Å². The second-order valence-corrected chi connectivity index (χ2v) is 5.57. The molecule has 0 aromatic heterocycles. The Labute approximate surface area is 150 Å². The van der Waals surface area contributed by atoms with Gasteiger partial charge in [-0.25, -0.2) is 4.79 Å². The van der Waals surface area contributed by atoms with Gasteiger partial charge in [-0.3, -0.25) is 14.9 Å². The van der Waals surface area contributed by atoms with Crippen molar-refractivity contribution in [3.63, 3.8) is 0 Å². The van der Waals surface area contributed by atoms with E-state index in [0.717, 1.165) is 5.56 Å². The van der Waals surface area contributed by atoms with Crippen LogP contribution in [0.3, 0.4) is 0 Å². The Morgan fingerprint density at radius 3 is 2.35 bits per heavy atom. The number of nitrogens with zero attached hydrogens (tertiary/aromatic N) is 1. The van der Waals surface area contributed by atoms with Gasteiger partial charge >= 0.3 is 12.0 Å². The minimum absolute atomic E-state index is 0.0269. The number of nitrogens with one attached hydrogen (secondary N) is 2. The summed E-state index contributed by atoms with van der Waals surface area (Å²) in [5, 5.41) is 16.0. The molecule has 0 unspecified atom stereocenters. The number of carbonyl (C=O) groups excluding carboxylic acids is 2. The van der Waals surface area contributed by atoms with Gasteiger partial charge in [0.1, 0.15) is 0 Å². The van der Waals surface area contributed by atoms with Gasteiger partial charge in [0.2, 0.25) is 0 Å². The zero-order chi connectivity index (χ0) is 18.9. The van der Waals surface area contributed by atoms with Crippen LogP contribution in [0.4, 0.5) is 16.2 Å². The third-order valence-corrected chi connectivity index (χ3v) is 3.64. The Kier molecular flexibility index (Phi) is 6.67. The Hall–Kier alpha value is -3.42. The van der Waals surface area contributed by atoms with E-state index in [4.69, 9.17) is 0 Å². The molecule has 0 aliphatic carbocycles. The molecule has 2 amide bonds. The lowest BCUT2D eigenvalue weighted by Gasteiger charge is -2.18. The molecule has 2 aromatic carbocycles. The van der Waals surface area contributed by atoms with E-state index in [1.807, 2.05) is 30.3 Å². The maximum atomic E-state index is 12.2. The molecule has 2 rings (SSSR count). The van der Waals surface area contributed by atoms with Crippen molar-refractivity contribution in [1.29, 1.82) is 0 Å². The SMILES string of the molecule is COC(=O)C[C@@H](Cc1ccccc1)NC(=O)Nc1ccc([N+](=O)[O-])cc1. The van der Waals surface area contributed by atoms with Crippen molar-refractivity contribution in [2.24, 2.45) is 0 Å². The van der Waals surface area contributed by atoms with Crippen LogP contribution < -0.4 is 10.6 Å². The van der Waals surface area contributed by atoms with Crippen LogP contribution in [0.1, 0.15) is 12.0 Å². The monoisotopic (exact) mass is 357 g/mol. The Morgan fingerprint density at radius 2 is 1.77 bits per heavy atom. The number of carbonyl (C=O) groups is 2. The summed E-state index contributed by atoms with van der Waals surface area (Å²) in [4.78, 5) is 33.9. The fourth-order valence-corrected chi connectivity index (χ4v) is 2.38. The lowest BCUT2D eigenvalue weighted by atomic mass is 10.0. The number of benzene rings is 2. The third-order valence-electron chi connectivity index (χ3n) is 3.64. The minimum atomic E-state index is -0.518. The van der Waals surface area contributed by atoms with E-state index in [2.05, 4.69) is 15.4 Å². The second-order valence-electron chi connectivity index (χ2n) is 5.57. The van der Waals surface area contributed by atoms with Crippen LogP contribution in [0, 0.1) is 10.1 Å². The number of non-ortho nitro benzene ring substituents is 1. The Bertz CT molecular complexity index is 762. The maximum absolute atomic E-state index is 12.2. The van der Waals surface area contributed by atoms with E-state index in [1.54, 1.807) is 0 Å². The normalized spacial score (nSPS) is 11.3. The molecule has 1 atom stereocenters. The molecule has 26 heavy (non-hydrogen) atoms. The summed E-state index contributed by atoms with van der Waals surface area (Å²) in [5.41, 5.74) is 1.31. The molecule has 0 heterocycles. The van der Waals surface area contributed by atoms with E-state index < -0.39 is 23.0 Å². The van der Waals surface area contributed by atoms with Gasteiger partial charge in [0.05, 0.1) is 18.5 Å². The van der Waals surface area contributed by atoms with E-state index in [1.165, 1.54) is 31.4 Å². The molecular weight excluding hydrogens is 338 g/mol. The van der Waals surface area contributed by atoms with Gasteiger partial charge in [0.15, 0.2) is 0 Å². The van der Waals surface area contributed by atoms with E-state index >= 15 is 0 Å². The molecule has 0 aliphatic rings. The van der Waals surface area contributed by atoms with Gasteiger partial charge < -0.3 is 15.4 Å². The predicted octanol–water partition coefficient (Wildman–Crippen LogP) is 2.89. The maximum Gasteiger partial charge on any atom is 0.319 e. The average molecular weight is 357 g/mol. The van der Waals surface area contributed by atoms with Crippen molar-refractivity contribution in [3.8, 4) is 0 Å². The first-order chi connectivity index (χ1) is 12.5. The lowest BCUT2D eigenvalue weighted by molar-refractivity contribution is -0.384. The molecule has 0 radical (unpaired) electrons. The van der Waals surface area contributed by atoms with Gasteiger partial charge in [-0.05, 0) is 24.1 Å². The number of hydrogen-bond donors (Lipinski definition) is 2. The van der Waals surface area contributed by atoms with Crippen molar-refractivity contribution in [2.45, 2.75) is 18.9 Å². The topological polar surface area (TPSA) is 111 Å². The van der Waals surface area contributed by atoms with Crippen LogP contribution in [0.25, 0.3) is 0 Å². The van der Waals surface area contributed by atoms with Gasteiger partial charge in [0.25, 0.3) is 5.69 Å². The summed E-state index contributed by atoms with van der Waals surface area (Å²) < 4.78 is 4.68. The number of methoxy groups -OCH3 is 1. The first kappa shape index (κ1) is 18.9. The Morgan fingerprint density at radius 1 is 1.12 bits per heavy atom. The molecule has 8 heteroatoms. The number of amides is 2. The highest BCUT2D eigenvalue weighted by atomic mass is 16.6. The van der Waals surface area contributed by atoms with Crippen molar-refractivity contribution in [1.82, 2.24) is 5.32 Å². The summed E-state index contributed by atoms with van der Waals surface area (Å²) in [6, 6.07) is 13.9. The van der Waals surface area contributed by atoms with Crippen molar-refractivity contribution >= 4 is 23.4 Å². The smallest absolute Gasteiger partial charge is 0.319 e. The molecular formula is C18H19N3O5. The average Bonchev–Trinajstić information content (AvgIpc) is 2.62. The van der Waals surface area contributed by atoms with Crippen LogP contribution >= 0.6 is 0 Å². The molecule has 2 aromatic rings. The molecule has 2 N–H and O–H groups in total. The number of esters is 1. The summed E-state index contributed by atoms with van der Waals surface area (Å²) >= 11 is 0. The highest BCUT2D eigenvalue weighted by Crippen LogP contribution is 2.15. The molecule has 136 valence electrons. The van der Waals surface area contributed by atoms with Crippen molar-refractivity contribution in [2.75, 3.05) is 12.4 Å². The number of hydrogen-bond acceptors (Lipinski definition) is 5. The number of anilines is 1. The highest BCUT2D eigenvalue weighted by Gasteiger charge is 2.18. The number of nitro benzene ring substituents is 1. The first-order valence-electron chi connectivity index (χ1n) is 7.90. The third kappa shape index (κ3) is 5.90. The highest BCUT2D eigenvalue weighted by molar-refractivity contribution is 5.89. The molecule has 0 bridgehead atoms. The summed E-state index contributed by atoms with van der Waals surface area (Å²) in [6.07, 6.45) is 0.489. The largest absolute Gasteiger partial charge is 0.469 e. The minimum Gasteiger partial charge on any atom is -0.469 e. The summed E-state index contributed by atoms with van der Waals surface area (Å²) in [5.74, 6) is -0.429. The molecule has 0 saturated heterocycles. The summed E-state index contributed by atoms with van der Waals surface area (Å²) in [6.45, 7) is 0.